The van der Waals surface area contributed by atoms with Crippen molar-refractivity contribution in [2.24, 2.45) is 10.9 Å². The summed E-state index contributed by atoms with van der Waals surface area (Å²) in [5, 5.41) is 3.46. The van der Waals surface area contributed by atoms with Crippen LogP contribution in [0.25, 0.3) is 5.70 Å². The van der Waals surface area contributed by atoms with E-state index in [1.807, 2.05) is 48.5 Å². The molecule has 0 amide bonds. The van der Waals surface area contributed by atoms with E-state index in [1.54, 1.807) is 7.11 Å². The van der Waals surface area contributed by atoms with Gasteiger partial charge in [0.25, 0.3) is 0 Å². The molecule has 1 N–H and O–H groups in total. The summed E-state index contributed by atoms with van der Waals surface area (Å²) in [4.78, 5) is 4.68. The zero-order valence-corrected chi connectivity index (χ0v) is 14.9. The van der Waals surface area contributed by atoms with Crippen LogP contribution in [0, 0.1) is 5.92 Å². The molecule has 0 saturated heterocycles. The first-order chi connectivity index (χ1) is 12.2. The van der Waals surface area contributed by atoms with Crippen LogP contribution in [0.1, 0.15) is 19.4 Å². The number of rotatable bonds is 6. The van der Waals surface area contributed by atoms with Gasteiger partial charge in [0.05, 0.1) is 18.8 Å². The third kappa shape index (κ3) is 4.41. The molecule has 0 spiro atoms. The summed E-state index contributed by atoms with van der Waals surface area (Å²) in [6, 6.07) is 18.3. The first-order valence-electron chi connectivity index (χ1n) is 8.54. The van der Waals surface area contributed by atoms with Gasteiger partial charge in [-0.25, -0.2) is 4.99 Å². The number of methoxy groups -OCH3 is 1. The molecule has 2 aromatic rings. The highest BCUT2D eigenvalue weighted by Gasteiger charge is 2.21. The summed E-state index contributed by atoms with van der Waals surface area (Å²) in [5.74, 6) is 1.98. The molecule has 0 saturated carbocycles. The van der Waals surface area contributed by atoms with Crippen LogP contribution in [0.3, 0.4) is 0 Å². The molecule has 130 valence electrons. The minimum absolute atomic E-state index is 0.226. The van der Waals surface area contributed by atoms with E-state index in [-0.39, 0.29) is 6.04 Å². The molecule has 1 aliphatic heterocycles. The van der Waals surface area contributed by atoms with Crippen LogP contribution in [0.15, 0.2) is 65.7 Å². The predicted octanol–water partition coefficient (Wildman–Crippen LogP) is 4.60. The van der Waals surface area contributed by atoms with Crippen molar-refractivity contribution >= 4 is 17.3 Å². The van der Waals surface area contributed by atoms with Crippen LogP contribution in [-0.2, 0) is 4.74 Å². The quantitative estimate of drug-likeness (QED) is 0.838. The molecular formula is C21H24N2O2. The minimum Gasteiger partial charge on any atom is -0.497 e. The molecule has 1 unspecified atom stereocenters. The molecule has 1 heterocycles. The Hall–Kier alpha value is -2.75. The number of ether oxygens (including phenoxy) is 2. The largest absolute Gasteiger partial charge is 0.497 e. The summed E-state index contributed by atoms with van der Waals surface area (Å²) in [6.07, 6.45) is 1.97. The van der Waals surface area contributed by atoms with Crippen molar-refractivity contribution in [3.05, 3.63) is 66.2 Å². The van der Waals surface area contributed by atoms with E-state index in [0.717, 1.165) is 22.7 Å². The third-order valence-electron chi connectivity index (χ3n) is 4.19. The highest BCUT2D eigenvalue weighted by atomic mass is 16.5. The molecule has 0 radical (unpaired) electrons. The summed E-state index contributed by atoms with van der Waals surface area (Å²) < 4.78 is 11.0. The van der Waals surface area contributed by atoms with Gasteiger partial charge in [-0.2, -0.15) is 0 Å². The Morgan fingerprint density at radius 1 is 1.16 bits per heavy atom. The van der Waals surface area contributed by atoms with Crippen molar-refractivity contribution in [2.75, 3.05) is 19.0 Å². The Balaban J connectivity index is 1.88. The van der Waals surface area contributed by atoms with E-state index in [0.29, 0.717) is 18.4 Å². The average molecular weight is 336 g/mol. The maximum atomic E-state index is 5.77. The first-order valence-corrected chi connectivity index (χ1v) is 8.54. The van der Waals surface area contributed by atoms with Gasteiger partial charge in [0.1, 0.15) is 12.4 Å². The Kier molecular flexibility index (Phi) is 5.39. The van der Waals surface area contributed by atoms with Crippen LogP contribution in [0.4, 0.5) is 5.69 Å². The van der Waals surface area contributed by atoms with Crippen LogP contribution in [-0.4, -0.2) is 25.7 Å². The number of nitrogens with one attached hydrogen (secondary N) is 1. The molecule has 3 rings (SSSR count). The Morgan fingerprint density at radius 2 is 1.88 bits per heavy atom. The van der Waals surface area contributed by atoms with Crippen molar-refractivity contribution in [1.82, 2.24) is 0 Å². The minimum atomic E-state index is 0.226. The average Bonchev–Trinajstić information content (AvgIpc) is 3.11. The van der Waals surface area contributed by atoms with Crippen molar-refractivity contribution < 1.29 is 9.47 Å². The highest BCUT2D eigenvalue weighted by Crippen LogP contribution is 2.23. The molecule has 4 heteroatoms. The van der Waals surface area contributed by atoms with Gasteiger partial charge in [-0.3, -0.25) is 0 Å². The lowest BCUT2D eigenvalue weighted by Crippen LogP contribution is -2.13. The second-order valence-corrected chi connectivity index (χ2v) is 6.37. The molecule has 0 fully saturated rings. The number of benzene rings is 2. The predicted molar refractivity (Wildman–Crippen MR) is 103 cm³/mol. The normalized spacial score (nSPS) is 17.2. The van der Waals surface area contributed by atoms with Crippen molar-refractivity contribution in [3.8, 4) is 5.75 Å². The first kappa shape index (κ1) is 17.1. The van der Waals surface area contributed by atoms with Gasteiger partial charge < -0.3 is 14.8 Å². The maximum absolute atomic E-state index is 5.77. The molecular weight excluding hydrogens is 312 g/mol. The Labute approximate surface area is 149 Å². The molecule has 25 heavy (non-hydrogen) atoms. The van der Waals surface area contributed by atoms with E-state index >= 15 is 0 Å². The van der Waals surface area contributed by atoms with E-state index < -0.39 is 0 Å². The Morgan fingerprint density at radius 3 is 2.48 bits per heavy atom. The van der Waals surface area contributed by atoms with Crippen LogP contribution < -0.4 is 10.1 Å². The fraction of sp³-hybridized carbons (Fsp3) is 0.286. The Bertz CT molecular complexity index is 749. The standard InChI is InChI=1S/C21H24N2O2/c1-15(2)20-14-25-21(23-20)13-19(16-7-5-4-6-8-16)22-17-9-11-18(24-3)12-10-17/h4-13,15,20,22H,14H2,1-3H3. The summed E-state index contributed by atoms with van der Waals surface area (Å²) in [5.41, 5.74) is 3.02. The zero-order valence-electron chi connectivity index (χ0n) is 14.9. The monoisotopic (exact) mass is 336 g/mol. The maximum Gasteiger partial charge on any atom is 0.211 e. The van der Waals surface area contributed by atoms with Crippen LogP contribution >= 0.6 is 0 Å². The fourth-order valence-corrected chi connectivity index (χ4v) is 2.59. The summed E-state index contributed by atoms with van der Waals surface area (Å²) in [6.45, 7) is 4.98. The van der Waals surface area contributed by atoms with Crippen molar-refractivity contribution in [1.29, 1.82) is 0 Å². The topological polar surface area (TPSA) is 42.8 Å². The van der Waals surface area contributed by atoms with Gasteiger partial charge >= 0.3 is 0 Å². The van der Waals surface area contributed by atoms with Gasteiger partial charge in [-0.05, 0) is 35.7 Å². The lowest BCUT2D eigenvalue weighted by atomic mass is 10.1. The molecule has 0 aliphatic carbocycles. The van der Waals surface area contributed by atoms with Gasteiger partial charge in [-0.1, -0.05) is 44.2 Å². The molecule has 0 bridgehead atoms. The van der Waals surface area contributed by atoms with Gasteiger partial charge in [0.2, 0.25) is 5.90 Å². The number of aliphatic imine (C=N–C) groups is 1. The van der Waals surface area contributed by atoms with E-state index in [9.17, 15) is 0 Å². The van der Waals surface area contributed by atoms with Gasteiger partial charge in [0.15, 0.2) is 0 Å². The molecule has 1 atom stereocenters. The summed E-state index contributed by atoms with van der Waals surface area (Å²) in [7, 11) is 1.67. The smallest absolute Gasteiger partial charge is 0.211 e. The molecule has 0 aromatic heterocycles. The van der Waals surface area contributed by atoms with E-state index in [4.69, 9.17) is 9.47 Å². The van der Waals surface area contributed by atoms with Gasteiger partial charge in [0, 0.05) is 11.8 Å². The van der Waals surface area contributed by atoms with Crippen LogP contribution in [0.2, 0.25) is 0 Å². The number of nitrogens with zero attached hydrogens (tertiary/aromatic N) is 1. The fourth-order valence-electron chi connectivity index (χ4n) is 2.59. The van der Waals surface area contributed by atoms with Crippen molar-refractivity contribution in [2.45, 2.75) is 19.9 Å². The van der Waals surface area contributed by atoms with Crippen molar-refractivity contribution in [3.63, 3.8) is 0 Å². The van der Waals surface area contributed by atoms with Crippen LogP contribution in [0.5, 0.6) is 5.75 Å². The second kappa shape index (κ2) is 7.88. The van der Waals surface area contributed by atoms with E-state index in [2.05, 4.69) is 36.3 Å². The SMILES string of the molecule is COc1ccc(NC(=CC2=NC(C(C)C)CO2)c2ccccc2)cc1. The lowest BCUT2D eigenvalue weighted by Gasteiger charge is -2.12. The number of anilines is 1. The summed E-state index contributed by atoms with van der Waals surface area (Å²) >= 11 is 0. The zero-order chi connectivity index (χ0) is 17.6. The van der Waals surface area contributed by atoms with E-state index in [1.165, 1.54) is 0 Å². The molecule has 4 nitrogen and oxygen atoms in total. The highest BCUT2D eigenvalue weighted by molar-refractivity contribution is 5.98. The second-order valence-electron chi connectivity index (χ2n) is 6.37. The third-order valence-corrected chi connectivity index (χ3v) is 4.19. The number of hydrogen-bond acceptors (Lipinski definition) is 4. The molecule has 2 aromatic carbocycles. The molecule has 1 aliphatic rings. The van der Waals surface area contributed by atoms with Gasteiger partial charge in [-0.15, -0.1) is 0 Å². The number of hydrogen-bond donors (Lipinski definition) is 1. The lowest BCUT2D eigenvalue weighted by molar-refractivity contribution is 0.293.